The van der Waals surface area contributed by atoms with Crippen LogP contribution in [-0.4, -0.2) is 49.0 Å². The number of rotatable bonds is 7. The van der Waals surface area contributed by atoms with Gasteiger partial charge in [-0.05, 0) is 42.3 Å². The van der Waals surface area contributed by atoms with Gasteiger partial charge in [-0.15, -0.1) is 0 Å². The second-order valence-electron chi connectivity index (χ2n) is 7.55. The van der Waals surface area contributed by atoms with E-state index in [0.29, 0.717) is 36.7 Å². The van der Waals surface area contributed by atoms with Crippen molar-refractivity contribution in [2.24, 2.45) is 5.92 Å². The summed E-state index contributed by atoms with van der Waals surface area (Å²) in [7, 11) is 3.07. The fourth-order valence-corrected chi connectivity index (χ4v) is 3.92. The molecule has 1 fully saturated rings. The van der Waals surface area contributed by atoms with E-state index in [2.05, 4.69) is 10.3 Å². The number of hydrogen-bond donors (Lipinski definition) is 2. The van der Waals surface area contributed by atoms with Gasteiger partial charge in [0.2, 0.25) is 11.8 Å². The molecule has 31 heavy (non-hydrogen) atoms. The molecule has 0 unspecified atom stereocenters. The van der Waals surface area contributed by atoms with Crippen LogP contribution >= 0.6 is 0 Å². The number of nitrogens with one attached hydrogen (secondary N) is 2. The van der Waals surface area contributed by atoms with Gasteiger partial charge in [0.05, 0.1) is 25.8 Å². The lowest BCUT2D eigenvalue weighted by molar-refractivity contribution is -0.128. The lowest BCUT2D eigenvalue weighted by Gasteiger charge is -2.17. The van der Waals surface area contributed by atoms with Gasteiger partial charge in [0.25, 0.3) is 0 Å². The van der Waals surface area contributed by atoms with Crippen molar-refractivity contribution in [2.75, 3.05) is 32.6 Å². The number of carbonyl (C=O) groups excluding carboxylic acids is 2. The SMILES string of the molecule is COc1ccc(OC)c(NC(=O)[C@H]2CC(=O)N(CCc3c[nH]c4ccc(F)cc34)C2)c1. The molecule has 0 spiro atoms. The summed E-state index contributed by atoms with van der Waals surface area (Å²) in [5.41, 5.74) is 2.29. The molecule has 2 amide bonds. The van der Waals surface area contributed by atoms with Gasteiger partial charge in [-0.1, -0.05) is 0 Å². The Morgan fingerprint density at radius 3 is 2.84 bits per heavy atom. The molecule has 0 saturated carbocycles. The van der Waals surface area contributed by atoms with Crippen molar-refractivity contribution >= 4 is 28.4 Å². The molecule has 0 bridgehead atoms. The zero-order valence-corrected chi connectivity index (χ0v) is 17.4. The number of hydrogen-bond acceptors (Lipinski definition) is 4. The average Bonchev–Trinajstić information content (AvgIpc) is 3.34. The first-order chi connectivity index (χ1) is 15.0. The largest absolute Gasteiger partial charge is 0.497 e. The number of amides is 2. The predicted octanol–water partition coefficient (Wildman–Crippen LogP) is 3.35. The number of nitrogens with zero attached hydrogens (tertiary/aromatic N) is 1. The molecule has 1 aliphatic rings. The number of anilines is 1. The highest BCUT2D eigenvalue weighted by molar-refractivity contribution is 5.98. The van der Waals surface area contributed by atoms with E-state index in [1.807, 2.05) is 6.20 Å². The first-order valence-electron chi connectivity index (χ1n) is 10.0. The maximum Gasteiger partial charge on any atom is 0.229 e. The standard InChI is InChI=1S/C23H24FN3O4/c1-30-17-4-6-21(31-2)20(11-17)26-23(29)15-9-22(28)27(13-15)8-7-14-12-25-19-5-3-16(24)10-18(14)19/h3-6,10-12,15,25H,7-9,13H2,1-2H3,(H,26,29)/t15-/m0/s1. The highest BCUT2D eigenvalue weighted by Crippen LogP contribution is 2.30. The fraction of sp³-hybridized carbons (Fsp3) is 0.304. The van der Waals surface area contributed by atoms with Crippen molar-refractivity contribution in [3.05, 3.63) is 54.0 Å². The molecule has 8 heteroatoms. The minimum atomic E-state index is -0.455. The molecule has 0 radical (unpaired) electrons. The summed E-state index contributed by atoms with van der Waals surface area (Å²) in [5, 5.41) is 3.66. The van der Waals surface area contributed by atoms with Crippen molar-refractivity contribution in [1.29, 1.82) is 0 Å². The molecule has 1 aromatic heterocycles. The Bertz CT molecular complexity index is 1130. The molecule has 2 aromatic carbocycles. The Labute approximate surface area is 179 Å². The Balaban J connectivity index is 1.40. The maximum absolute atomic E-state index is 13.6. The van der Waals surface area contributed by atoms with Gasteiger partial charge in [0, 0.05) is 42.7 Å². The number of H-pyrrole nitrogens is 1. The van der Waals surface area contributed by atoms with Crippen LogP contribution < -0.4 is 14.8 Å². The predicted molar refractivity (Wildman–Crippen MR) is 115 cm³/mol. The third-order valence-electron chi connectivity index (χ3n) is 5.63. The van der Waals surface area contributed by atoms with Gasteiger partial charge < -0.3 is 24.7 Å². The quantitative estimate of drug-likeness (QED) is 0.608. The second-order valence-corrected chi connectivity index (χ2v) is 7.55. The van der Waals surface area contributed by atoms with Crippen LogP contribution in [0.15, 0.2) is 42.6 Å². The van der Waals surface area contributed by atoms with Crippen LogP contribution in [0.1, 0.15) is 12.0 Å². The van der Waals surface area contributed by atoms with E-state index >= 15 is 0 Å². The van der Waals surface area contributed by atoms with Gasteiger partial charge in [-0.2, -0.15) is 0 Å². The van der Waals surface area contributed by atoms with Crippen LogP contribution in [0.4, 0.5) is 10.1 Å². The summed E-state index contributed by atoms with van der Waals surface area (Å²) in [6.07, 6.45) is 2.57. The van der Waals surface area contributed by atoms with Gasteiger partial charge >= 0.3 is 0 Å². The first kappa shape index (κ1) is 20.7. The van der Waals surface area contributed by atoms with Gasteiger partial charge in [0.15, 0.2) is 0 Å². The fourth-order valence-electron chi connectivity index (χ4n) is 3.92. The van der Waals surface area contributed by atoms with Gasteiger partial charge in [-0.3, -0.25) is 9.59 Å². The van der Waals surface area contributed by atoms with E-state index in [1.165, 1.54) is 19.2 Å². The number of aromatic nitrogens is 1. The van der Waals surface area contributed by atoms with E-state index in [9.17, 15) is 14.0 Å². The van der Waals surface area contributed by atoms with Crippen LogP contribution in [0, 0.1) is 11.7 Å². The Kier molecular flexibility index (Phi) is 5.79. The number of ether oxygens (including phenoxy) is 2. The molecule has 2 N–H and O–H groups in total. The molecule has 0 aliphatic carbocycles. The smallest absolute Gasteiger partial charge is 0.229 e. The number of fused-ring (bicyclic) bond motifs is 1. The van der Waals surface area contributed by atoms with Crippen molar-refractivity contribution in [3.63, 3.8) is 0 Å². The lowest BCUT2D eigenvalue weighted by Crippen LogP contribution is -2.30. The molecule has 2 heterocycles. The molecule has 4 rings (SSSR count). The Hall–Kier alpha value is -3.55. The van der Waals surface area contributed by atoms with Crippen molar-refractivity contribution < 1.29 is 23.5 Å². The molecule has 1 aliphatic heterocycles. The third kappa shape index (κ3) is 4.33. The van der Waals surface area contributed by atoms with Gasteiger partial charge in [0.1, 0.15) is 17.3 Å². The summed E-state index contributed by atoms with van der Waals surface area (Å²) in [4.78, 5) is 30.1. The summed E-state index contributed by atoms with van der Waals surface area (Å²) >= 11 is 0. The summed E-state index contributed by atoms with van der Waals surface area (Å²) in [6.45, 7) is 0.808. The number of methoxy groups -OCH3 is 2. The number of carbonyl (C=O) groups is 2. The van der Waals surface area contributed by atoms with Crippen LogP contribution in [0.25, 0.3) is 10.9 Å². The van der Waals surface area contributed by atoms with Crippen molar-refractivity contribution in [3.8, 4) is 11.5 Å². The minimum absolute atomic E-state index is 0.0659. The Morgan fingerprint density at radius 2 is 2.06 bits per heavy atom. The van der Waals surface area contributed by atoms with Crippen LogP contribution in [0.5, 0.6) is 11.5 Å². The van der Waals surface area contributed by atoms with E-state index < -0.39 is 5.92 Å². The monoisotopic (exact) mass is 425 g/mol. The summed E-state index contributed by atoms with van der Waals surface area (Å²) in [6, 6.07) is 9.73. The minimum Gasteiger partial charge on any atom is -0.497 e. The molecule has 1 atom stereocenters. The number of aromatic amines is 1. The maximum atomic E-state index is 13.6. The normalized spacial score (nSPS) is 16.0. The van der Waals surface area contributed by atoms with Gasteiger partial charge in [-0.25, -0.2) is 4.39 Å². The van der Waals surface area contributed by atoms with E-state index in [-0.39, 0.29) is 24.1 Å². The van der Waals surface area contributed by atoms with Crippen LogP contribution in [-0.2, 0) is 16.0 Å². The first-order valence-corrected chi connectivity index (χ1v) is 10.0. The van der Waals surface area contributed by atoms with E-state index in [0.717, 1.165) is 16.5 Å². The van der Waals surface area contributed by atoms with E-state index in [1.54, 1.807) is 36.3 Å². The number of benzene rings is 2. The molecule has 162 valence electrons. The molecule has 7 nitrogen and oxygen atoms in total. The molecule has 1 saturated heterocycles. The van der Waals surface area contributed by atoms with Crippen molar-refractivity contribution in [1.82, 2.24) is 9.88 Å². The van der Waals surface area contributed by atoms with Crippen LogP contribution in [0.3, 0.4) is 0 Å². The third-order valence-corrected chi connectivity index (χ3v) is 5.63. The summed E-state index contributed by atoms with van der Waals surface area (Å²) < 4.78 is 24.1. The molecular weight excluding hydrogens is 401 g/mol. The lowest BCUT2D eigenvalue weighted by atomic mass is 10.1. The van der Waals surface area contributed by atoms with Crippen molar-refractivity contribution in [2.45, 2.75) is 12.8 Å². The molecule has 3 aromatic rings. The van der Waals surface area contributed by atoms with Crippen LogP contribution in [0.2, 0.25) is 0 Å². The topological polar surface area (TPSA) is 83.7 Å². The molecular formula is C23H24FN3O4. The van der Waals surface area contributed by atoms with E-state index in [4.69, 9.17) is 9.47 Å². The zero-order chi connectivity index (χ0) is 22.0. The Morgan fingerprint density at radius 1 is 1.23 bits per heavy atom. The zero-order valence-electron chi connectivity index (χ0n) is 17.4. The number of halogens is 1. The highest BCUT2D eigenvalue weighted by Gasteiger charge is 2.34. The second kappa shape index (κ2) is 8.67. The highest BCUT2D eigenvalue weighted by atomic mass is 19.1. The summed E-state index contributed by atoms with van der Waals surface area (Å²) in [5.74, 6) is 0.0526. The average molecular weight is 425 g/mol. The number of likely N-dealkylation sites (tertiary alicyclic amines) is 1.